The van der Waals surface area contributed by atoms with Crippen LogP contribution in [0.3, 0.4) is 0 Å². The minimum Gasteiger partial charge on any atom is -0.394 e. The molecule has 1 amide bonds. The molecule has 14 nitrogen and oxygen atoms in total. The number of unbranched alkanes of at least 4 members (excludes halogenated alkanes) is 48. The molecule has 0 aromatic carbocycles. The Morgan fingerprint density at radius 1 is 0.383 bits per heavy atom. The van der Waals surface area contributed by atoms with Crippen molar-refractivity contribution in [3.8, 4) is 0 Å². The van der Waals surface area contributed by atoms with Gasteiger partial charge in [0.25, 0.3) is 0 Å². The van der Waals surface area contributed by atoms with E-state index in [1.54, 1.807) is 6.08 Å². The molecule has 0 aliphatic carbocycles. The van der Waals surface area contributed by atoms with Crippen molar-refractivity contribution in [2.75, 3.05) is 19.8 Å². The summed E-state index contributed by atoms with van der Waals surface area (Å²) in [5.41, 5.74) is 0. The van der Waals surface area contributed by atoms with Crippen LogP contribution in [-0.4, -0.2) is 140 Å². The molecular weight excluding hydrogens is 1180 g/mol. The first-order chi connectivity index (χ1) is 46.1. The van der Waals surface area contributed by atoms with E-state index in [9.17, 15) is 45.6 Å². The lowest BCUT2D eigenvalue weighted by molar-refractivity contribution is -0.359. The van der Waals surface area contributed by atoms with E-state index in [1.807, 2.05) is 6.08 Å². The summed E-state index contributed by atoms with van der Waals surface area (Å²) >= 11 is 0. The average molecular weight is 1330 g/mol. The van der Waals surface area contributed by atoms with Crippen LogP contribution < -0.4 is 5.32 Å². The quantitative estimate of drug-likeness (QED) is 0.0204. The smallest absolute Gasteiger partial charge is 0.220 e. The molecule has 2 aliphatic rings. The van der Waals surface area contributed by atoms with Crippen molar-refractivity contribution in [3.63, 3.8) is 0 Å². The van der Waals surface area contributed by atoms with Gasteiger partial charge in [-0.2, -0.15) is 0 Å². The number of nitrogens with one attached hydrogen (secondary N) is 1. The Balaban J connectivity index is 1.63. The normalized spacial score (nSPS) is 22.7. The van der Waals surface area contributed by atoms with E-state index < -0.39 is 86.8 Å². The highest BCUT2D eigenvalue weighted by atomic mass is 16.7. The molecule has 2 rings (SSSR count). The Labute approximate surface area is 575 Å². The summed E-state index contributed by atoms with van der Waals surface area (Å²) < 4.78 is 22.9. The fourth-order valence-electron chi connectivity index (χ4n) is 13.2. The fraction of sp³-hybridized carbons (Fsp3) is 0.887. The molecule has 12 unspecified atom stereocenters. The summed E-state index contributed by atoms with van der Waals surface area (Å²) in [5.74, 6) is -0.237. The number of aliphatic hydroxyl groups excluding tert-OH is 8. The molecule has 552 valence electrons. The van der Waals surface area contributed by atoms with Crippen LogP contribution in [0.2, 0.25) is 0 Å². The van der Waals surface area contributed by atoms with Crippen molar-refractivity contribution in [2.45, 2.75) is 434 Å². The zero-order valence-corrected chi connectivity index (χ0v) is 60.5. The molecule has 2 aliphatic heterocycles. The van der Waals surface area contributed by atoms with Gasteiger partial charge in [0.05, 0.1) is 32.0 Å². The van der Waals surface area contributed by atoms with Crippen LogP contribution in [0, 0.1) is 0 Å². The highest BCUT2D eigenvalue weighted by Gasteiger charge is 2.51. The number of amides is 1. The summed E-state index contributed by atoms with van der Waals surface area (Å²) in [5, 5.41) is 87.7. The van der Waals surface area contributed by atoms with Crippen LogP contribution in [-0.2, 0) is 23.7 Å². The molecule has 0 radical (unpaired) electrons. The number of ether oxygens (including phenoxy) is 4. The summed E-state index contributed by atoms with van der Waals surface area (Å²) in [6, 6.07) is -0.919. The highest BCUT2D eigenvalue weighted by Crippen LogP contribution is 2.30. The second-order valence-corrected chi connectivity index (χ2v) is 28.2. The maximum atomic E-state index is 13.4. The van der Waals surface area contributed by atoms with E-state index in [-0.39, 0.29) is 18.9 Å². The van der Waals surface area contributed by atoms with Crippen LogP contribution >= 0.6 is 0 Å². The minimum atomic E-state index is -1.79. The third-order valence-corrected chi connectivity index (χ3v) is 19.5. The molecule has 0 saturated carbocycles. The number of hydrogen-bond donors (Lipinski definition) is 9. The lowest BCUT2D eigenvalue weighted by Crippen LogP contribution is -2.65. The fourth-order valence-corrected chi connectivity index (χ4v) is 13.2. The number of carbonyl (C=O) groups is 1. The van der Waals surface area contributed by atoms with E-state index in [0.29, 0.717) is 6.42 Å². The highest BCUT2D eigenvalue weighted by molar-refractivity contribution is 5.76. The Morgan fingerprint density at radius 2 is 0.702 bits per heavy atom. The van der Waals surface area contributed by atoms with Crippen molar-refractivity contribution >= 4 is 5.91 Å². The predicted octanol–water partition coefficient (Wildman–Crippen LogP) is 17.8. The van der Waals surface area contributed by atoms with Gasteiger partial charge in [0, 0.05) is 6.42 Å². The van der Waals surface area contributed by atoms with E-state index in [1.165, 1.54) is 283 Å². The minimum absolute atomic E-state index is 0.237. The summed E-state index contributed by atoms with van der Waals surface area (Å²) in [6.45, 7) is 2.84. The van der Waals surface area contributed by atoms with Crippen molar-refractivity contribution in [2.24, 2.45) is 0 Å². The van der Waals surface area contributed by atoms with Gasteiger partial charge in [-0.25, -0.2) is 0 Å². The van der Waals surface area contributed by atoms with Crippen molar-refractivity contribution in [1.29, 1.82) is 0 Å². The molecule has 2 saturated heterocycles. The topological polar surface area (TPSA) is 228 Å². The second-order valence-electron chi connectivity index (χ2n) is 28.2. The Bertz CT molecular complexity index is 1760. The third-order valence-electron chi connectivity index (χ3n) is 19.5. The van der Waals surface area contributed by atoms with Gasteiger partial charge in [0.15, 0.2) is 12.6 Å². The number of hydrogen-bond acceptors (Lipinski definition) is 13. The van der Waals surface area contributed by atoms with Gasteiger partial charge >= 0.3 is 0 Å². The molecule has 0 aromatic rings. The lowest BCUT2D eigenvalue weighted by atomic mass is 9.97. The van der Waals surface area contributed by atoms with Gasteiger partial charge in [-0.3, -0.25) is 4.79 Å². The van der Waals surface area contributed by atoms with Crippen molar-refractivity contribution in [1.82, 2.24) is 5.32 Å². The number of allylic oxidation sites excluding steroid dienone is 7. The summed E-state index contributed by atoms with van der Waals surface area (Å²) in [4.78, 5) is 13.4. The van der Waals surface area contributed by atoms with Gasteiger partial charge in [0.1, 0.15) is 48.8 Å². The third kappa shape index (κ3) is 47.1. The average Bonchev–Trinajstić information content (AvgIpc) is 0.794. The van der Waals surface area contributed by atoms with E-state index in [2.05, 4.69) is 55.6 Å². The molecule has 94 heavy (non-hydrogen) atoms. The molecule has 0 aromatic heterocycles. The van der Waals surface area contributed by atoms with Crippen LogP contribution in [0.15, 0.2) is 48.6 Å². The Hall–Kier alpha value is -2.05. The standard InChI is InChI=1S/C80H149NO13/c1-3-5-7-9-11-13-15-17-19-21-23-25-27-29-31-32-33-34-35-36-38-39-41-43-45-47-49-51-53-55-57-59-61-63-69(84)68(67-91-79-77(90)75(88)78(71(66-83)93-79)94-80-76(89)74(87)73(86)70(65-82)92-80)81-72(85)64-62-60-58-56-54-52-50-48-46-44-42-40-37-30-28-26-24-22-20-18-16-14-12-10-8-6-4-2/h16,18,22,24,28,30,61,63,68-71,73-80,82-84,86-90H,3-15,17,19-21,23,25-27,29,31-60,62,64-67H2,1-2H3,(H,81,85)/b18-16-,24-22-,30-28-,63-61+. The Morgan fingerprint density at radius 3 is 1.07 bits per heavy atom. The predicted molar refractivity (Wildman–Crippen MR) is 388 cm³/mol. The van der Waals surface area contributed by atoms with E-state index in [0.717, 1.165) is 51.4 Å². The second kappa shape index (κ2) is 64.3. The van der Waals surface area contributed by atoms with Crippen molar-refractivity contribution < 1.29 is 64.6 Å². The zero-order valence-electron chi connectivity index (χ0n) is 60.5. The van der Waals surface area contributed by atoms with Gasteiger partial charge in [0.2, 0.25) is 5.91 Å². The molecule has 12 atom stereocenters. The molecule has 0 bridgehead atoms. The van der Waals surface area contributed by atoms with Crippen LogP contribution in [0.1, 0.15) is 361 Å². The van der Waals surface area contributed by atoms with Crippen LogP contribution in [0.5, 0.6) is 0 Å². The molecule has 9 N–H and O–H groups in total. The number of aliphatic hydroxyl groups is 8. The monoisotopic (exact) mass is 1330 g/mol. The van der Waals surface area contributed by atoms with Gasteiger partial charge < -0.3 is 65.1 Å². The summed E-state index contributed by atoms with van der Waals surface area (Å²) in [6.07, 6.45) is 69.0. The largest absolute Gasteiger partial charge is 0.394 e. The molecule has 2 heterocycles. The first-order valence-electron chi connectivity index (χ1n) is 39.9. The SMILES string of the molecule is CCCCCCC/C=C\C/C=C\C/C=C\CCCCCCCCCCCCCCC(=O)NC(COC1OC(CO)C(OC2OC(CO)C(O)C(O)C2O)C(O)C1O)C(O)/C=C/CCCCCCCCCCCCCCCCCCCCCCCCCCCCCCCCC. The maximum Gasteiger partial charge on any atom is 0.220 e. The molecule has 2 fully saturated rings. The number of rotatable bonds is 67. The van der Waals surface area contributed by atoms with E-state index in [4.69, 9.17) is 18.9 Å². The van der Waals surface area contributed by atoms with Crippen LogP contribution in [0.4, 0.5) is 0 Å². The lowest BCUT2D eigenvalue weighted by Gasteiger charge is -2.46. The Kier molecular flexibility index (Phi) is 60.3. The summed E-state index contributed by atoms with van der Waals surface area (Å²) in [7, 11) is 0. The van der Waals surface area contributed by atoms with E-state index >= 15 is 0 Å². The molecular formula is C80H149NO13. The molecule has 0 spiro atoms. The van der Waals surface area contributed by atoms with Gasteiger partial charge in [-0.1, -0.05) is 345 Å². The molecule has 14 heteroatoms. The first-order valence-corrected chi connectivity index (χ1v) is 39.9. The van der Waals surface area contributed by atoms with Gasteiger partial charge in [-0.15, -0.1) is 0 Å². The zero-order chi connectivity index (χ0) is 68.0. The number of carbonyl (C=O) groups excluding carboxylic acids is 1. The first kappa shape index (κ1) is 88.0. The van der Waals surface area contributed by atoms with Crippen LogP contribution in [0.25, 0.3) is 0 Å². The maximum absolute atomic E-state index is 13.4. The van der Waals surface area contributed by atoms with Gasteiger partial charge in [-0.05, 0) is 57.8 Å². The van der Waals surface area contributed by atoms with Crippen molar-refractivity contribution in [3.05, 3.63) is 48.6 Å².